The third-order valence-electron chi connectivity index (χ3n) is 4.67. The van der Waals surface area contributed by atoms with Crippen LogP contribution in [0.5, 0.6) is 11.5 Å². The molecule has 1 atom stereocenters. The number of imide groups is 1. The van der Waals surface area contributed by atoms with E-state index in [1.165, 1.54) is 4.90 Å². The number of amides is 3. The number of hydrogen-bond acceptors (Lipinski definition) is 4. The maximum absolute atomic E-state index is 12.8. The minimum absolute atomic E-state index is 0.0551. The summed E-state index contributed by atoms with van der Waals surface area (Å²) in [6, 6.07) is 10.7. The Kier molecular flexibility index (Phi) is 7.41. The quantitative estimate of drug-likeness (QED) is 0.271. The van der Waals surface area contributed by atoms with Crippen molar-refractivity contribution in [2.24, 2.45) is 0 Å². The van der Waals surface area contributed by atoms with Crippen molar-refractivity contribution in [2.45, 2.75) is 32.9 Å². The van der Waals surface area contributed by atoms with E-state index in [0.717, 1.165) is 25.6 Å². The van der Waals surface area contributed by atoms with Crippen LogP contribution in [0.25, 0.3) is 6.08 Å². The number of hydrogen-bond donors (Lipinski definition) is 1. The first-order valence-electron chi connectivity index (χ1n) is 9.45. The predicted molar refractivity (Wildman–Crippen MR) is 127 cm³/mol. The summed E-state index contributed by atoms with van der Waals surface area (Å²) in [6.45, 7) is 4.26. The lowest BCUT2D eigenvalue weighted by Crippen LogP contribution is -2.30. The number of nitrogens with one attached hydrogen (secondary N) is 1. The average Bonchev–Trinajstić information content (AvgIpc) is 2.98. The summed E-state index contributed by atoms with van der Waals surface area (Å²) in [5.74, 6) is 0.891. The van der Waals surface area contributed by atoms with Gasteiger partial charge in [-0.1, -0.05) is 35.0 Å². The van der Waals surface area contributed by atoms with E-state index in [0.29, 0.717) is 11.5 Å². The highest BCUT2D eigenvalue weighted by Crippen LogP contribution is 2.35. The number of ether oxygens (including phenoxy) is 2. The first-order chi connectivity index (χ1) is 14.3. The number of rotatable bonds is 7. The first kappa shape index (κ1) is 22.6. The van der Waals surface area contributed by atoms with Crippen molar-refractivity contribution in [3.8, 4) is 11.5 Å². The molecule has 30 heavy (non-hydrogen) atoms. The van der Waals surface area contributed by atoms with Gasteiger partial charge in [0.1, 0.15) is 5.70 Å². The summed E-state index contributed by atoms with van der Waals surface area (Å²) < 4.78 is 13.3. The summed E-state index contributed by atoms with van der Waals surface area (Å²) in [5, 5.41) is 2.66. The molecular formula is C22H22BrIN2O4. The van der Waals surface area contributed by atoms with Crippen LogP contribution in [0.4, 0.5) is 4.79 Å². The lowest BCUT2D eigenvalue weighted by Gasteiger charge is -2.17. The fourth-order valence-corrected chi connectivity index (χ4v) is 3.89. The van der Waals surface area contributed by atoms with Gasteiger partial charge in [0, 0.05) is 4.47 Å². The number of benzene rings is 2. The highest BCUT2D eigenvalue weighted by atomic mass is 127. The number of carbonyl (C=O) groups is 2. The summed E-state index contributed by atoms with van der Waals surface area (Å²) in [6.07, 6.45) is 2.58. The van der Waals surface area contributed by atoms with Crippen LogP contribution >= 0.6 is 38.5 Å². The zero-order valence-corrected chi connectivity index (χ0v) is 20.6. The minimum Gasteiger partial charge on any atom is -0.493 e. The summed E-state index contributed by atoms with van der Waals surface area (Å²) in [5.41, 5.74) is 1.83. The Bertz CT molecular complexity index is 991. The number of carbonyl (C=O) groups excluding carboxylic acids is 2. The Balaban J connectivity index is 1.84. The van der Waals surface area contributed by atoms with Gasteiger partial charge in [-0.25, -0.2) is 4.79 Å². The molecule has 1 aliphatic rings. The molecule has 158 valence electrons. The Morgan fingerprint density at radius 3 is 2.57 bits per heavy atom. The smallest absolute Gasteiger partial charge is 0.329 e. The Morgan fingerprint density at radius 1 is 1.23 bits per heavy atom. The molecule has 0 spiro atoms. The van der Waals surface area contributed by atoms with E-state index in [2.05, 4.69) is 50.8 Å². The molecule has 2 aromatic carbocycles. The van der Waals surface area contributed by atoms with Crippen molar-refractivity contribution in [1.29, 1.82) is 0 Å². The van der Waals surface area contributed by atoms with Gasteiger partial charge in [-0.2, -0.15) is 0 Å². The van der Waals surface area contributed by atoms with Crippen molar-refractivity contribution < 1.29 is 19.1 Å². The molecule has 0 aromatic heterocycles. The third kappa shape index (κ3) is 5.15. The molecule has 1 fully saturated rings. The second-order valence-corrected chi connectivity index (χ2v) is 8.95. The van der Waals surface area contributed by atoms with Crippen LogP contribution in [-0.4, -0.2) is 30.1 Å². The maximum Gasteiger partial charge on any atom is 0.329 e. The van der Waals surface area contributed by atoms with E-state index >= 15 is 0 Å². The van der Waals surface area contributed by atoms with Crippen LogP contribution in [0, 0.1) is 3.57 Å². The Hall–Kier alpha value is -2.07. The molecule has 1 N–H and O–H groups in total. The second-order valence-electron chi connectivity index (χ2n) is 6.88. The summed E-state index contributed by atoms with van der Waals surface area (Å²) in [7, 11) is 1.58. The van der Waals surface area contributed by atoms with Gasteiger partial charge in [0.15, 0.2) is 11.5 Å². The van der Waals surface area contributed by atoms with Crippen LogP contribution in [0.15, 0.2) is 46.6 Å². The van der Waals surface area contributed by atoms with E-state index in [4.69, 9.17) is 9.47 Å². The third-order valence-corrected chi connectivity index (χ3v) is 6.00. The highest BCUT2D eigenvalue weighted by Gasteiger charge is 2.33. The van der Waals surface area contributed by atoms with E-state index < -0.39 is 6.03 Å². The fourth-order valence-electron chi connectivity index (χ4n) is 2.88. The van der Waals surface area contributed by atoms with E-state index in [1.54, 1.807) is 19.3 Å². The molecule has 0 saturated carbocycles. The Morgan fingerprint density at radius 2 is 1.93 bits per heavy atom. The maximum atomic E-state index is 12.8. The minimum atomic E-state index is -0.437. The van der Waals surface area contributed by atoms with Crippen LogP contribution in [-0.2, 0) is 11.3 Å². The van der Waals surface area contributed by atoms with E-state index in [1.807, 2.05) is 37.3 Å². The predicted octanol–water partition coefficient (Wildman–Crippen LogP) is 5.33. The van der Waals surface area contributed by atoms with Gasteiger partial charge in [0.05, 0.1) is 23.3 Å². The van der Waals surface area contributed by atoms with E-state index in [9.17, 15) is 9.59 Å². The molecule has 0 aliphatic carbocycles. The van der Waals surface area contributed by atoms with Gasteiger partial charge in [-0.15, -0.1) is 0 Å². The SMILES string of the molecule is CC[C@@H](C)Oc1c(I)cc(/C=C2\NC(=O)N(Cc3ccc(Br)cc3)C2=O)cc1OC. The molecule has 8 heteroatoms. The molecule has 1 heterocycles. The van der Waals surface area contributed by atoms with Gasteiger partial charge in [0.2, 0.25) is 0 Å². The van der Waals surface area contributed by atoms with Crippen LogP contribution < -0.4 is 14.8 Å². The molecular weight excluding hydrogens is 563 g/mol. The normalized spacial score (nSPS) is 16.0. The zero-order chi connectivity index (χ0) is 21.8. The molecule has 3 amide bonds. The standard InChI is InChI=1S/C22H22BrIN2O4/c1-4-13(2)30-20-17(24)9-15(11-19(20)29-3)10-18-21(27)26(22(28)25-18)12-14-5-7-16(23)8-6-14/h5-11,13H,4,12H2,1-3H3,(H,25,28)/b18-10-/t13-/m1/s1. The Labute approximate surface area is 197 Å². The van der Waals surface area contributed by atoms with Gasteiger partial charge in [-0.05, 0) is 77.4 Å². The summed E-state index contributed by atoms with van der Waals surface area (Å²) >= 11 is 5.56. The molecule has 0 bridgehead atoms. The molecule has 6 nitrogen and oxygen atoms in total. The molecule has 1 aliphatic heterocycles. The largest absolute Gasteiger partial charge is 0.493 e. The van der Waals surface area contributed by atoms with Crippen molar-refractivity contribution in [1.82, 2.24) is 10.2 Å². The van der Waals surface area contributed by atoms with Crippen molar-refractivity contribution >= 4 is 56.5 Å². The van der Waals surface area contributed by atoms with Crippen LogP contribution in [0.1, 0.15) is 31.4 Å². The van der Waals surface area contributed by atoms with Crippen molar-refractivity contribution in [3.05, 3.63) is 61.3 Å². The van der Waals surface area contributed by atoms with Crippen molar-refractivity contribution in [2.75, 3.05) is 7.11 Å². The van der Waals surface area contributed by atoms with Crippen LogP contribution in [0.3, 0.4) is 0 Å². The fraction of sp³-hybridized carbons (Fsp3) is 0.273. The topological polar surface area (TPSA) is 67.9 Å². The number of methoxy groups -OCH3 is 1. The molecule has 1 saturated heterocycles. The van der Waals surface area contributed by atoms with Crippen LogP contribution in [0.2, 0.25) is 0 Å². The van der Waals surface area contributed by atoms with Crippen molar-refractivity contribution in [3.63, 3.8) is 0 Å². The lowest BCUT2D eigenvalue weighted by atomic mass is 10.1. The number of halogens is 2. The lowest BCUT2D eigenvalue weighted by molar-refractivity contribution is -0.123. The molecule has 3 rings (SSSR count). The van der Waals surface area contributed by atoms with Gasteiger partial charge >= 0.3 is 6.03 Å². The highest BCUT2D eigenvalue weighted by molar-refractivity contribution is 14.1. The van der Waals surface area contributed by atoms with Gasteiger partial charge in [0.25, 0.3) is 5.91 Å². The molecule has 0 radical (unpaired) electrons. The zero-order valence-electron chi connectivity index (χ0n) is 16.9. The number of nitrogens with zero attached hydrogens (tertiary/aromatic N) is 1. The van der Waals surface area contributed by atoms with Gasteiger partial charge < -0.3 is 14.8 Å². The average molecular weight is 585 g/mol. The monoisotopic (exact) mass is 584 g/mol. The first-order valence-corrected chi connectivity index (χ1v) is 11.3. The molecule has 2 aromatic rings. The van der Waals surface area contributed by atoms with E-state index in [-0.39, 0.29) is 24.3 Å². The summed E-state index contributed by atoms with van der Waals surface area (Å²) in [4.78, 5) is 26.3. The van der Waals surface area contributed by atoms with Gasteiger partial charge in [-0.3, -0.25) is 9.69 Å². The second kappa shape index (κ2) is 9.82. The number of urea groups is 1. The molecule has 0 unspecified atom stereocenters.